The topological polar surface area (TPSA) is 48.1 Å². The van der Waals surface area contributed by atoms with E-state index in [-0.39, 0.29) is 18.4 Å². The number of ether oxygens (including phenoxy) is 1. The Hall–Kier alpha value is -0.640. The fourth-order valence-corrected chi connectivity index (χ4v) is 1.89. The van der Waals surface area contributed by atoms with Crippen molar-refractivity contribution in [3.05, 3.63) is 30.1 Å². The van der Waals surface area contributed by atoms with Gasteiger partial charge in [-0.3, -0.25) is 4.98 Å². The van der Waals surface area contributed by atoms with Gasteiger partial charge in [-0.25, -0.2) is 0 Å². The zero-order valence-corrected chi connectivity index (χ0v) is 9.45. The lowest BCUT2D eigenvalue weighted by atomic mass is 9.90. The van der Waals surface area contributed by atoms with Crippen LogP contribution in [-0.4, -0.2) is 18.2 Å². The SMILES string of the molecule is Cl.N[C@H](c1ccccn1)C1CCOCC1. The van der Waals surface area contributed by atoms with Gasteiger partial charge in [-0.2, -0.15) is 0 Å². The van der Waals surface area contributed by atoms with Crippen molar-refractivity contribution in [1.29, 1.82) is 0 Å². The van der Waals surface area contributed by atoms with Crippen LogP contribution in [0.25, 0.3) is 0 Å². The number of rotatable bonds is 2. The Morgan fingerprint density at radius 2 is 2.07 bits per heavy atom. The zero-order chi connectivity index (χ0) is 9.80. The molecule has 0 amide bonds. The summed E-state index contributed by atoms with van der Waals surface area (Å²) in [5.41, 5.74) is 7.15. The van der Waals surface area contributed by atoms with Gasteiger partial charge in [0.1, 0.15) is 0 Å². The fourth-order valence-electron chi connectivity index (χ4n) is 1.89. The third kappa shape index (κ3) is 3.16. The second-order valence-electron chi connectivity index (χ2n) is 3.73. The maximum atomic E-state index is 6.15. The van der Waals surface area contributed by atoms with Gasteiger partial charge in [0.05, 0.1) is 5.69 Å². The Labute approximate surface area is 96.4 Å². The summed E-state index contributed by atoms with van der Waals surface area (Å²) in [6.07, 6.45) is 3.91. The maximum Gasteiger partial charge on any atom is 0.0573 e. The van der Waals surface area contributed by atoms with E-state index in [0.29, 0.717) is 5.92 Å². The predicted octanol–water partition coefficient (Wildman–Crippen LogP) is 1.93. The largest absolute Gasteiger partial charge is 0.381 e. The summed E-state index contributed by atoms with van der Waals surface area (Å²) in [4.78, 5) is 4.29. The minimum Gasteiger partial charge on any atom is -0.381 e. The van der Waals surface area contributed by atoms with E-state index >= 15 is 0 Å². The van der Waals surface area contributed by atoms with Gasteiger partial charge in [-0.1, -0.05) is 6.07 Å². The number of hydrogen-bond donors (Lipinski definition) is 1. The summed E-state index contributed by atoms with van der Waals surface area (Å²) in [5, 5.41) is 0. The Balaban J connectivity index is 0.00000112. The van der Waals surface area contributed by atoms with E-state index in [9.17, 15) is 0 Å². The van der Waals surface area contributed by atoms with E-state index in [0.717, 1.165) is 31.7 Å². The first-order valence-electron chi connectivity index (χ1n) is 5.12. The summed E-state index contributed by atoms with van der Waals surface area (Å²) in [7, 11) is 0. The third-order valence-corrected chi connectivity index (χ3v) is 2.80. The van der Waals surface area contributed by atoms with Crippen LogP contribution in [0, 0.1) is 5.92 Å². The Kier molecular flexibility index (Phi) is 5.02. The number of nitrogens with zero attached hydrogens (tertiary/aromatic N) is 1. The number of aromatic nitrogens is 1. The molecule has 15 heavy (non-hydrogen) atoms. The van der Waals surface area contributed by atoms with E-state index in [2.05, 4.69) is 4.98 Å². The minimum absolute atomic E-state index is 0. The molecule has 2 N–H and O–H groups in total. The molecule has 0 aliphatic carbocycles. The highest BCUT2D eigenvalue weighted by atomic mass is 35.5. The highest BCUT2D eigenvalue weighted by Crippen LogP contribution is 2.26. The second-order valence-corrected chi connectivity index (χ2v) is 3.73. The molecular formula is C11H17ClN2O. The molecular weight excluding hydrogens is 212 g/mol. The number of halogens is 1. The number of nitrogens with two attached hydrogens (primary N) is 1. The van der Waals surface area contributed by atoms with Gasteiger partial charge in [0.2, 0.25) is 0 Å². The van der Waals surface area contributed by atoms with Gasteiger partial charge in [0.25, 0.3) is 0 Å². The van der Waals surface area contributed by atoms with Crippen molar-refractivity contribution < 1.29 is 4.74 Å². The van der Waals surface area contributed by atoms with Crippen LogP contribution in [0.2, 0.25) is 0 Å². The lowest BCUT2D eigenvalue weighted by molar-refractivity contribution is 0.0579. The number of hydrogen-bond acceptors (Lipinski definition) is 3. The van der Waals surface area contributed by atoms with Gasteiger partial charge in [-0.15, -0.1) is 12.4 Å². The minimum atomic E-state index is 0. The molecule has 1 aliphatic rings. The van der Waals surface area contributed by atoms with E-state index in [1.807, 2.05) is 18.2 Å². The molecule has 4 heteroatoms. The first-order chi connectivity index (χ1) is 6.88. The quantitative estimate of drug-likeness (QED) is 0.842. The van der Waals surface area contributed by atoms with Crippen LogP contribution in [0.15, 0.2) is 24.4 Å². The molecule has 1 aromatic rings. The van der Waals surface area contributed by atoms with Gasteiger partial charge >= 0.3 is 0 Å². The van der Waals surface area contributed by atoms with E-state index in [4.69, 9.17) is 10.5 Å². The van der Waals surface area contributed by atoms with Crippen molar-refractivity contribution in [3.8, 4) is 0 Å². The molecule has 0 unspecified atom stereocenters. The molecule has 84 valence electrons. The lowest BCUT2D eigenvalue weighted by Gasteiger charge is -2.27. The summed E-state index contributed by atoms with van der Waals surface area (Å²) >= 11 is 0. The van der Waals surface area contributed by atoms with Crippen LogP contribution in [0.4, 0.5) is 0 Å². The fraction of sp³-hybridized carbons (Fsp3) is 0.545. The summed E-state index contributed by atoms with van der Waals surface area (Å²) in [6.45, 7) is 1.68. The van der Waals surface area contributed by atoms with Crippen LogP contribution in [0.5, 0.6) is 0 Å². The molecule has 1 saturated heterocycles. The molecule has 0 aromatic carbocycles. The summed E-state index contributed by atoms with van der Waals surface area (Å²) in [6, 6.07) is 5.97. The predicted molar refractivity (Wildman–Crippen MR) is 62.0 cm³/mol. The Bertz CT molecular complexity index is 275. The average Bonchev–Trinajstić information content (AvgIpc) is 2.30. The molecule has 2 heterocycles. The van der Waals surface area contributed by atoms with Gasteiger partial charge in [0, 0.05) is 25.5 Å². The van der Waals surface area contributed by atoms with Crippen molar-refractivity contribution in [3.63, 3.8) is 0 Å². The van der Waals surface area contributed by atoms with Crippen molar-refractivity contribution in [2.45, 2.75) is 18.9 Å². The molecule has 2 rings (SSSR count). The molecule has 1 aromatic heterocycles. The van der Waals surface area contributed by atoms with E-state index < -0.39 is 0 Å². The molecule has 1 atom stereocenters. The second kappa shape index (κ2) is 6.05. The zero-order valence-electron chi connectivity index (χ0n) is 8.63. The average molecular weight is 229 g/mol. The number of pyridine rings is 1. The van der Waals surface area contributed by atoms with Crippen LogP contribution >= 0.6 is 12.4 Å². The first kappa shape index (κ1) is 12.4. The summed E-state index contributed by atoms with van der Waals surface area (Å²) in [5.74, 6) is 0.527. The molecule has 0 radical (unpaired) electrons. The maximum absolute atomic E-state index is 6.15. The molecule has 0 saturated carbocycles. The summed E-state index contributed by atoms with van der Waals surface area (Å²) < 4.78 is 5.31. The van der Waals surface area contributed by atoms with Crippen molar-refractivity contribution >= 4 is 12.4 Å². The normalized spacial score (nSPS) is 19.3. The van der Waals surface area contributed by atoms with Gasteiger partial charge < -0.3 is 10.5 Å². The Morgan fingerprint density at radius 1 is 1.33 bits per heavy atom. The van der Waals surface area contributed by atoms with E-state index in [1.165, 1.54) is 0 Å². The first-order valence-corrected chi connectivity index (χ1v) is 5.12. The highest BCUT2D eigenvalue weighted by molar-refractivity contribution is 5.85. The van der Waals surface area contributed by atoms with Crippen LogP contribution < -0.4 is 5.73 Å². The molecule has 3 nitrogen and oxygen atoms in total. The van der Waals surface area contributed by atoms with Crippen molar-refractivity contribution in [2.75, 3.05) is 13.2 Å². The van der Waals surface area contributed by atoms with Crippen LogP contribution in [0.1, 0.15) is 24.6 Å². The lowest BCUT2D eigenvalue weighted by Crippen LogP contribution is -2.27. The molecule has 0 bridgehead atoms. The Morgan fingerprint density at radius 3 is 2.67 bits per heavy atom. The van der Waals surface area contributed by atoms with Gasteiger partial charge in [-0.05, 0) is 30.9 Å². The molecule has 1 fully saturated rings. The molecule has 0 spiro atoms. The van der Waals surface area contributed by atoms with Gasteiger partial charge in [0.15, 0.2) is 0 Å². The van der Waals surface area contributed by atoms with Crippen molar-refractivity contribution in [2.24, 2.45) is 11.7 Å². The highest BCUT2D eigenvalue weighted by Gasteiger charge is 2.22. The standard InChI is InChI=1S/C11H16N2O.ClH/c12-11(9-4-7-14-8-5-9)10-3-1-2-6-13-10;/h1-3,6,9,11H,4-5,7-8,12H2;1H/t11-;/m0./s1. The van der Waals surface area contributed by atoms with E-state index in [1.54, 1.807) is 6.20 Å². The molecule has 1 aliphatic heterocycles. The third-order valence-electron chi connectivity index (χ3n) is 2.80. The van der Waals surface area contributed by atoms with Crippen LogP contribution in [-0.2, 0) is 4.74 Å². The smallest absolute Gasteiger partial charge is 0.0573 e. The van der Waals surface area contributed by atoms with Crippen LogP contribution in [0.3, 0.4) is 0 Å². The monoisotopic (exact) mass is 228 g/mol. The van der Waals surface area contributed by atoms with Crippen molar-refractivity contribution in [1.82, 2.24) is 4.98 Å².